The Kier molecular flexibility index (Phi) is 3.91. The smallest absolute Gasteiger partial charge is 0.254 e. The first-order chi connectivity index (χ1) is 10.6. The molecule has 1 aliphatic heterocycles. The highest BCUT2D eigenvalue weighted by molar-refractivity contribution is 5.94. The standard InChI is InChI=1S/C16H17N3O3/c1-11-3-2-4-15(18-11)22-13-6-8-19(10-13)16(21)12-5-7-17-14(20)9-12/h2-5,7,9,13H,6,8,10H2,1H3,(H,17,20). The number of pyridine rings is 2. The largest absolute Gasteiger partial charge is 0.472 e. The molecule has 2 aromatic rings. The number of carbonyl (C=O) groups excluding carboxylic acids is 1. The molecule has 0 radical (unpaired) electrons. The van der Waals surface area contributed by atoms with Gasteiger partial charge in [-0.05, 0) is 19.1 Å². The molecular formula is C16H17N3O3. The summed E-state index contributed by atoms with van der Waals surface area (Å²) in [5.74, 6) is 0.435. The molecule has 1 fully saturated rings. The van der Waals surface area contributed by atoms with E-state index in [4.69, 9.17) is 4.74 Å². The molecule has 114 valence electrons. The van der Waals surface area contributed by atoms with Crippen LogP contribution in [0, 0.1) is 6.92 Å². The summed E-state index contributed by atoms with van der Waals surface area (Å²) in [5, 5.41) is 0. The van der Waals surface area contributed by atoms with Gasteiger partial charge in [0.25, 0.3) is 5.91 Å². The quantitative estimate of drug-likeness (QED) is 0.929. The Morgan fingerprint density at radius 3 is 3.05 bits per heavy atom. The summed E-state index contributed by atoms with van der Waals surface area (Å²) in [5.41, 5.74) is 1.02. The average molecular weight is 299 g/mol. The third-order valence-electron chi connectivity index (χ3n) is 3.60. The van der Waals surface area contributed by atoms with Crippen molar-refractivity contribution in [3.63, 3.8) is 0 Å². The van der Waals surface area contributed by atoms with Crippen LogP contribution in [0.3, 0.4) is 0 Å². The third kappa shape index (κ3) is 3.16. The van der Waals surface area contributed by atoms with Crippen molar-refractivity contribution in [2.45, 2.75) is 19.4 Å². The zero-order valence-corrected chi connectivity index (χ0v) is 12.3. The van der Waals surface area contributed by atoms with Gasteiger partial charge >= 0.3 is 0 Å². The number of carbonyl (C=O) groups is 1. The number of H-pyrrole nitrogens is 1. The maximum absolute atomic E-state index is 12.4. The maximum atomic E-state index is 12.4. The Bertz CT molecular complexity index is 741. The number of hydrogen-bond donors (Lipinski definition) is 1. The summed E-state index contributed by atoms with van der Waals surface area (Å²) >= 11 is 0. The average Bonchev–Trinajstić information content (AvgIpc) is 2.95. The van der Waals surface area contributed by atoms with Crippen LogP contribution < -0.4 is 10.3 Å². The van der Waals surface area contributed by atoms with Crippen LogP contribution in [0.15, 0.2) is 41.3 Å². The summed E-state index contributed by atoms with van der Waals surface area (Å²) in [6.45, 7) is 3.02. The lowest BCUT2D eigenvalue weighted by Crippen LogP contribution is -2.31. The molecule has 6 heteroatoms. The van der Waals surface area contributed by atoms with Crippen molar-refractivity contribution in [1.82, 2.24) is 14.9 Å². The van der Waals surface area contributed by atoms with Gasteiger partial charge in [-0.3, -0.25) is 9.59 Å². The van der Waals surface area contributed by atoms with Crippen LogP contribution in [0.1, 0.15) is 22.5 Å². The van der Waals surface area contributed by atoms with E-state index >= 15 is 0 Å². The Labute approximate surface area is 127 Å². The van der Waals surface area contributed by atoms with Gasteiger partial charge in [-0.15, -0.1) is 0 Å². The van der Waals surface area contributed by atoms with Crippen molar-refractivity contribution < 1.29 is 9.53 Å². The minimum atomic E-state index is -0.276. The van der Waals surface area contributed by atoms with Crippen LogP contribution in [-0.2, 0) is 0 Å². The van der Waals surface area contributed by atoms with Gasteiger partial charge < -0.3 is 14.6 Å². The zero-order chi connectivity index (χ0) is 15.5. The molecule has 0 aromatic carbocycles. The van der Waals surface area contributed by atoms with E-state index in [0.29, 0.717) is 24.5 Å². The Hall–Kier alpha value is -2.63. The Morgan fingerprint density at radius 1 is 1.41 bits per heavy atom. The van der Waals surface area contributed by atoms with Crippen molar-refractivity contribution >= 4 is 5.91 Å². The van der Waals surface area contributed by atoms with Crippen molar-refractivity contribution in [3.05, 3.63) is 58.1 Å². The molecular weight excluding hydrogens is 282 g/mol. The molecule has 6 nitrogen and oxygen atoms in total. The van der Waals surface area contributed by atoms with Crippen LogP contribution in [0.4, 0.5) is 0 Å². The molecule has 1 N–H and O–H groups in total. The minimum absolute atomic E-state index is 0.0692. The number of likely N-dealkylation sites (tertiary alicyclic amines) is 1. The molecule has 1 aliphatic rings. The van der Waals surface area contributed by atoms with Gasteiger partial charge in [-0.2, -0.15) is 0 Å². The van der Waals surface area contributed by atoms with Crippen LogP contribution in [0.25, 0.3) is 0 Å². The number of aryl methyl sites for hydroxylation is 1. The van der Waals surface area contributed by atoms with Gasteiger partial charge in [0.15, 0.2) is 0 Å². The predicted octanol–water partition coefficient (Wildman–Crippen LogP) is 1.37. The SMILES string of the molecule is Cc1cccc(OC2CCN(C(=O)c3cc[nH]c(=O)c3)C2)n1. The van der Waals surface area contributed by atoms with Gasteiger partial charge in [0, 0.05) is 42.6 Å². The van der Waals surface area contributed by atoms with Crippen molar-refractivity contribution in [1.29, 1.82) is 0 Å². The van der Waals surface area contributed by atoms with E-state index in [1.54, 1.807) is 11.0 Å². The summed E-state index contributed by atoms with van der Waals surface area (Å²) in [6.07, 6.45) is 2.17. The molecule has 3 heterocycles. The van der Waals surface area contributed by atoms with Crippen LogP contribution in [-0.4, -0.2) is 40.0 Å². The normalized spacial score (nSPS) is 17.5. The summed E-state index contributed by atoms with van der Waals surface area (Å²) in [4.78, 5) is 32.2. The first-order valence-electron chi connectivity index (χ1n) is 7.20. The highest BCUT2D eigenvalue weighted by atomic mass is 16.5. The first kappa shape index (κ1) is 14.3. The monoisotopic (exact) mass is 299 g/mol. The van der Waals surface area contributed by atoms with Crippen LogP contribution >= 0.6 is 0 Å². The van der Waals surface area contributed by atoms with E-state index in [-0.39, 0.29) is 17.6 Å². The minimum Gasteiger partial charge on any atom is -0.472 e. The fourth-order valence-electron chi connectivity index (χ4n) is 2.52. The number of nitrogens with zero attached hydrogens (tertiary/aromatic N) is 2. The first-order valence-corrected chi connectivity index (χ1v) is 7.20. The lowest BCUT2D eigenvalue weighted by Gasteiger charge is -2.17. The molecule has 0 saturated carbocycles. The summed E-state index contributed by atoms with van der Waals surface area (Å²) < 4.78 is 5.82. The van der Waals surface area contributed by atoms with Gasteiger partial charge in [0.1, 0.15) is 6.10 Å². The highest BCUT2D eigenvalue weighted by Crippen LogP contribution is 2.18. The fraction of sp³-hybridized carbons (Fsp3) is 0.312. The summed E-state index contributed by atoms with van der Waals surface area (Å²) in [7, 11) is 0. The molecule has 3 rings (SSSR count). The van der Waals surface area contributed by atoms with Crippen LogP contribution in [0.5, 0.6) is 5.88 Å². The molecule has 2 aromatic heterocycles. The molecule has 0 spiro atoms. The second kappa shape index (κ2) is 6.01. The number of aromatic nitrogens is 2. The number of ether oxygens (including phenoxy) is 1. The molecule has 0 aliphatic carbocycles. The maximum Gasteiger partial charge on any atom is 0.254 e. The molecule has 1 saturated heterocycles. The molecule has 0 bridgehead atoms. The Balaban J connectivity index is 1.65. The molecule has 22 heavy (non-hydrogen) atoms. The second-order valence-electron chi connectivity index (χ2n) is 5.34. The summed E-state index contributed by atoms with van der Waals surface area (Å²) in [6, 6.07) is 8.54. The van der Waals surface area contributed by atoms with Crippen molar-refractivity contribution in [3.8, 4) is 5.88 Å². The predicted molar refractivity (Wildman–Crippen MR) is 81.0 cm³/mol. The third-order valence-corrected chi connectivity index (χ3v) is 3.60. The van der Waals surface area contributed by atoms with Gasteiger partial charge in [0.05, 0.1) is 6.54 Å². The van der Waals surface area contributed by atoms with Gasteiger partial charge in [0.2, 0.25) is 11.4 Å². The highest BCUT2D eigenvalue weighted by Gasteiger charge is 2.28. The molecule has 1 atom stereocenters. The number of hydrogen-bond acceptors (Lipinski definition) is 4. The van der Waals surface area contributed by atoms with E-state index < -0.39 is 0 Å². The molecule has 1 unspecified atom stereocenters. The number of rotatable bonds is 3. The van der Waals surface area contributed by atoms with E-state index in [1.807, 2.05) is 25.1 Å². The zero-order valence-electron chi connectivity index (χ0n) is 12.3. The topological polar surface area (TPSA) is 75.3 Å². The number of amides is 1. The van der Waals surface area contributed by atoms with E-state index in [0.717, 1.165) is 12.1 Å². The van der Waals surface area contributed by atoms with E-state index in [2.05, 4.69) is 9.97 Å². The van der Waals surface area contributed by atoms with Crippen molar-refractivity contribution in [2.75, 3.05) is 13.1 Å². The molecule has 1 amide bonds. The van der Waals surface area contributed by atoms with E-state index in [1.165, 1.54) is 12.3 Å². The second-order valence-corrected chi connectivity index (χ2v) is 5.34. The van der Waals surface area contributed by atoms with Gasteiger partial charge in [-0.25, -0.2) is 4.98 Å². The van der Waals surface area contributed by atoms with Crippen molar-refractivity contribution in [2.24, 2.45) is 0 Å². The number of nitrogens with one attached hydrogen (secondary N) is 1. The Morgan fingerprint density at radius 2 is 2.27 bits per heavy atom. The van der Waals surface area contributed by atoms with E-state index in [9.17, 15) is 9.59 Å². The fourth-order valence-corrected chi connectivity index (χ4v) is 2.52. The van der Waals surface area contributed by atoms with Gasteiger partial charge in [-0.1, -0.05) is 6.07 Å². The lowest BCUT2D eigenvalue weighted by molar-refractivity contribution is 0.0771. The lowest BCUT2D eigenvalue weighted by atomic mass is 10.2. The number of aromatic amines is 1. The van der Waals surface area contributed by atoms with Crippen LogP contribution in [0.2, 0.25) is 0 Å².